The van der Waals surface area contributed by atoms with Gasteiger partial charge in [-0.2, -0.15) is 4.37 Å². The number of aliphatic hydroxyl groups is 1. The van der Waals surface area contributed by atoms with Crippen LogP contribution in [-0.2, 0) is 0 Å². The molecule has 3 nitrogen and oxygen atoms in total. The number of hydrogen-bond donors (Lipinski definition) is 2. The third-order valence-corrected chi connectivity index (χ3v) is 2.48. The lowest BCUT2D eigenvalue weighted by Gasteiger charge is -2.18. The summed E-state index contributed by atoms with van der Waals surface area (Å²) in [7, 11) is 0. The quantitative estimate of drug-likeness (QED) is 0.775. The molecule has 1 rings (SSSR count). The average molecular weight is 200 g/mol. The van der Waals surface area contributed by atoms with E-state index in [0.717, 1.165) is 6.42 Å². The first-order chi connectivity index (χ1) is 6.11. The first-order valence-corrected chi connectivity index (χ1v) is 5.29. The molecule has 3 N–H and O–H groups in total. The number of rotatable bonds is 4. The Hall–Kier alpha value is -0.450. The van der Waals surface area contributed by atoms with Crippen LogP contribution < -0.4 is 5.73 Å². The van der Waals surface area contributed by atoms with Crippen molar-refractivity contribution in [2.24, 2.45) is 11.7 Å². The Morgan fingerprint density at radius 3 is 2.77 bits per heavy atom. The van der Waals surface area contributed by atoms with Crippen molar-refractivity contribution in [2.75, 3.05) is 0 Å². The molecule has 2 atom stereocenters. The van der Waals surface area contributed by atoms with Crippen LogP contribution in [0.3, 0.4) is 0 Å². The van der Waals surface area contributed by atoms with Gasteiger partial charge in [-0.1, -0.05) is 13.8 Å². The Bertz CT molecular complexity index is 236. The molecule has 0 fully saturated rings. The van der Waals surface area contributed by atoms with Crippen molar-refractivity contribution in [3.63, 3.8) is 0 Å². The number of aliphatic hydroxyl groups excluding tert-OH is 1. The van der Waals surface area contributed by atoms with Crippen LogP contribution in [0.25, 0.3) is 0 Å². The van der Waals surface area contributed by atoms with Gasteiger partial charge in [-0.15, -0.1) is 0 Å². The van der Waals surface area contributed by atoms with Crippen molar-refractivity contribution in [3.05, 3.63) is 17.1 Å². The number of nitrogens with zero attached hydrogens (tertiary/aromatic N) is 1. The van der Waals surface area contributed by atoms with E-state index in [2.05, 4.69) is 18.2 Å². The molecule has 0 spiro atoms. The highest BCUT2D eigenvalue weighted by molar-refractivity contribution is 7.03. The van der Waals surface area contributed by atoms with Gasteiger partial charge in [-0.3, -0.25) is 0 Å². The first kappa shape index (κ1) is 10.6. The summed E-state index contributed by atoms with van der Waals surface area (Å²) in [4.78, 5) is 0. The van der Waals surface area contributed by atoms with Crippen LogP contribution >= 0.6 is 11.5 Å². The molecule has 0 aliphatic heterocycles. The van der Waals surface area contributed by atoms with Crippen molar-refractivity contribution in [2.45, 2.75) is 32.4 Å². The lowest BCUT2D eigenvalue weighted by Crippen LogP contribution is -2.29. The van der Waals surface area contributed by atoms with Crippen LogP contribution in [0.4, 0.5) is 0 Å². The normalized spacial score (nSPS) is 16.1. The smallest absolute Gasteiger partial charge is 0.112 e. The summed E-state index contributed by atoms with van der Waals surface area (Å²) >= 11 is 1.34. The molecule has 1 aromatic rings. The molecule has 0 saturated heterocycles. The Kier molecular flexibility index (Phi) is 3.84. The molecule has 0 amide bonds. The van der Waals surface area contributed by atoms with E-state index in [4.69, 9.17) is 5.73 Å². The van der Waals surface area contributed by atoms with Gasteiger partial charge in [-0.25, -0.2) is 0 Å². The Balaban J connectivity index is 2.52. The molecule has 0 aromatic carbocycles. The second-order valence-electron chi connectivity index (χ2n) is 3.66. The fraction of sp³-hybridized carbons (Fsp3) is 0.667. The summed E-state index contributed by atoms with van der Waals surface area (Å²) in [5, 5.41) is 11.6. The van der Waals surface area contributed by atoms with Crippen LogP contribution in [0.2, 0.25) is 0 Å². The van der Waals surface area contributed by atoms with Crippen molar-refractivity contribution in [1.29, 1.82) is 0 Å². The van der Waals surface area contributed by atoms with E-state index in [1.807, 2.05) is 11.4 Å². The number of hydrogen-bond acceptors (Lipinski definition) is 4. The van der Waals surface area contributed by atoms with Crippen LogP contribution in [0.15, 0.2) is 11.4 Å². The van der Waals surface area contributed by atoms with Gasteiger partial charge in [0.1, 0.15) is 6.10 Å². The zero-order valence-electron chi connectivity index (χ0n) is 7.97. The lowest BCUT2D eigenvalue weighted by molar-refractivity contribution is 0.132. The topological polar surface area (TPSA) is 59.1 Å². The number of aromatic nitrogens is 1. The largest absolute Gasteiger partial charge is 0.385 e. The van der Waals surface area contributed by atoms with Crippen molar-refractivity contribution in [3.8, 4) is 0 Å². The maximum Gasteiger partial charge on any atom is 0.112 e. The van der Waals surface area contributed by atoms with Gasteiger partial charge in [-0.05, 0) is 29.9 Å². The summed E-state index contributed by atoms with van der Waals surface area (Å²) < 4.78 is 4.06. The maximum absolute atomic E-state index is 9.75. The molecule has 0 radical (unpaired) electrons. The van der Waals surface area contributed by atoms with Gasteiger partial charge >= 0.3 is 0 Å². The SMILES string of the molecule is CC(C)C[C@@H](N)[C@H](O)c1ccsn1. The number of nitrogens with two attached hydrogens (primary N) is 1. The second-order valence-corrected chi connectivity index (χ2v) is 4.33. The van der Waals surface area contributed by atoms with Crippen LogP contribution in [-0.4, -0.2) is 15.5 Å². The van der Waals surface area contributed by atoms with Gasteiger partial charge in [0.05, 0.1) is 5.69 Å². The maximum atomic E-state index is 9.75. The third kappa shape index (κ3) is 3.06. The fourth-order valence-corrected chi connectivity index (χ4v) is 1.82. The first-order valence-electron chi connectivity index (χ1n) is 4.45. The molecule has 0 aliphatic rings. The molecule has 0 saturated carbocycles. The zero-order valence-corrected chi connectivity index (χ0v) is 8.79. The summed E-state index contributed by atoms with van der Waals surface area (Å²) in [5.74, 6) is 0.503. The minimum absolute atomic E-state index is 0.206. The highest BCUT2D eigenvalue weighted by Crippen LogP contribution is 2.19. The molecule has 0 aliphatic carbocycles. The van der Waals surface area contributed by atoms with Gasteiger partial charge < -0.3 is 10.8 Å². The highest BCUT2D eigenvalue weighted by Gasteiger charge is 2.19. The summed E-state index contributed by atoms with van der Waals surface area (Å²) in [6.07, 6.45) is 0.201. The molecular formula is C9H16N2OS. The molecule has 1 heterocycles. The van der Waals surface area contributed by atoms with Crippen molar-refractivity contribution < 1.29 is 5.11 Å². The highest BCUT2D eigenvalue weighted by atomic mass is 32.1. The molecule has 74 valence electrons. The standard InChI is InChI=1S/C9H16N2OS/c1-6(2)5-7(10)9(12)8-3-4-13-11-8/h3-4,6-7,9,12H,5,10H2,1-2H3/t7-,9+/m1/s1. The van der Waals surface area contributed by atoms with E-state index in [9.17, 15) is 5.11 Å². The molecule has 13 heavy (non-hydrogen) atoms. The van der Waals surface area contributed by atoms with E-state index in [1.54, 1.807) is 0 Å². The Morgan fingerprint density at radius 1 is 1.62 bits per heavy atom. The summed E-state index contributed by atoms with van der Waals surface area (Å²) in [6.45, 7) is 4.18. The van der Waals surface area contributed by atoms with E-state index in [-0.39, 0.29) is 6.04 Å². The lowest BCUT2D eigenvalue weighted by atomic mass is 9.98. The van der Waals surface area contributed by atoms with E-state index < -0.39 is 6.10 Å². The van der Waals surface area contributed by atoms with Crippen LogP contribution in [0.1, 0.15) is 32.1 Å². The minimum Gasteiger partial charge on any atom is -0.385 e. The predicted molar refractivity (Wildman–Crippen MR) is 54.5 cm³/mol. The van der Waals surface area contributed by atoms with E-state index >= 15 is 0 Å². The Labute approximate surface area is 82.8 Å². The fourth-order valence-electron chi connectivity index (χ4n) is 1.27. The summed E-state index contributed by atoms with van der Waals surface area (Å²) in [6, 6.07) is 1.61. The summed E-state index contributed by atoms with van der Waals surface area (Å²) in [5.41, 5.74) is 6.52. The van der Waals surface area contributed by atoms with E-state index in [0.29, 0.717) is 11.6 Å². The average Bonchev–Trinajstić information content (AvgIpc) is 2.53. The van der Waals surface area contributed by atoms with Crippen LogP contribution in [0.5, 0.6) is 0 Å². The predicted octanol–water partition coefficient (Wildman–Crippen LogP) is 1.55. The van der Waals surface area contributed by atoms with Gasteiger partial charge in [0, 0.05) is 11.4 Å². The molecule has 1 aromatic heterocycles. The van der Waals surface area contributed by atoms with Gasteiger partial charge in [0.25, 0.3) is 0 Å². The minimum atomic E-state index is -0.617. The van der Waals surface area contributed by atoms with Gasteiger partial charge in [0.15, 0.2) is 0 Å². The molecule has 0 bridgehead atoms. The molecule has 4 heteroatoms. The van der Waals surface area contributed by atoms with Crippen molar-refractivity contribution >= 4 is 11.5 Å². The van der Waals surface area contributed by atoms with Crippen molar-refractivity contribution in [1.82, 2.24) is 4.37 Å². The third-order valence-electron chi connectivity index (χ3n) is 1.91. The monoisotopic (exact) mass is 200 g/mol. The second kappa shape index (κ2) is 4.69. The van der Waals surface area contributed by atoms with Crippen LogP contribution in [0, 0.1) is 5.92 Å². The zero-order chi connectivity index (χ0) is 9.84. The van der Waals surface area contributed by atoms with E-state index in [1.165, 1.54) is 11.5 Å². The molecule has 0 unspecified atom stereocenters. The van der Waals surface area contributed by atoms with Gasteiger partial charge in [0.2, 0.25) is 0 Å². The molecular weight excluding hydrogens is 184 g/mol. The Morgan fingerprint density at radius 2 is 2.31 bits per heavy atom.